The number of carbonyl (C=O) groups excluding carboxylic acids is 1. The van der Waals surface area contributed by atoms with Crippen LogP contribution in [0, 0.1) is 10.1 Å². The summed E-state index contributed by atoms with van der Waals surface area (Å²) in [6, 6.07) is 1.30. The number of likely N-dealkylation sites (N-methyl/N-ethyl adjacent to an activating group) is 1. The molecule has 0 amide bonds. The van der Waals surface area contributed by atoms with Gasteiger partial charge in [-0.3, -0.25) is 14.9 Å². The molecule has 0 saturated carbocycles. The minimum Gasteiger partial charge on any atom is -0.388 e. The monoisotopic (exact) mass is 314 g/mol. The molecule has 0 aromatic carbocycles. The fourth-order valence-corrected chi connectivity index (χ4v) is 3.35. The van der Waals surface area contributed by atoms with Crippen molar-refractivity contribution in [2.24, 2.45) is 0 Å². The number of aliphatic hydroxyl groups is 1. The highest BCUT2D eigenvalue weighted by Gasteiger charge is 2.33. The van der Waals surface area contributed by atoms with Crippen molar-refractivity contribution in [2.45, 2.75) is 25.4 Å². The lowest BCUT2D eigenvalue weighted by Crippen LogP contribution is -2.45. The van der Waals surface area contributed by atoms with Crippen molar-refractivity contribution in [2.75, 3.05) is 31.7 Å². The van der Waals surface area contributed by atoms with Gasteiger partial charge in [-0.25, -0.2) is 0 Å². The Morgan fingerprint density at radius 2 is 2.19 bits per heavy atom. The van der Waals surface area contributed by atoms with E-state index >= 15 is 0 Å². The molecular formula is C13H18N2O5S. The predicted molar refractivity (Wildman–Crippen MR) is 79.3 cm³/mol. The first-order valence-corrected chi connectivity index (χ1v) is 7.44. The first-order chi connectivity index (χ1) is 9.82. The molecule has 0 unspecified atom stereocenters. The second kappa shape index (κ2) is 6.08. The second-order valence-electron chi connectivity index (χ2n) is 5.31. The largest absolute Gasteiger partial charge is 0.388 e. The Morgan fingerprint density at radius 3 is 2.71 bits per heavy atom. The summed E-state index contributed by atoms with van der Waals surface area (Å²) in [5.74, 6) is -0.201. The maximum atomic E-state index is 11.4. The normalized spacial score (nSPS) is 17.5. The summed E-state index contributed by atoms with van der Waals surface area (Å²) in [7, 11) is 1.69. The summed E-state index contributed by atoms with van der Waals surface area (Å²) < 4.78 is 5.22. The van der Waals surface area contributed by atoms with Crippen molar-refractivity contribution in [3.05, 3.63) is 21.1 Å². The van der Waals surface area contributed by atoms with E-state index in [0.29, 0.717) is 35.9 Å². The molecule has 1 saturated heterocycles. The number of anilines is 1. The summed E-state index contributed by atoms with van der Waals surface area (Å²) in [4.78, 5) is 24.0. The van der Waals surface area contributed by atoms with Crippen LogP contribution in [0.1, 0.15) is 29.4 Å². The molecule has 21 heavy (non-hydrogen) atoms. The van der Waals surface area contributed by atoms with Crippen LogP contribution in [0.2, 0.25) is 0 Å². The number of nitro groups is 1. The summed E-state index contributed by atoms with van der Waals surface area (Å²) in [6.07, 6.45) is 0.992. The Morgan fingerprint density at radius 1 is 1.57 bits per heavy atom. The van der Waals surface area contributed by atoms with Gasteiger partial charge in [0.15, 0.2) is 10.8 Å². The predicted octanol–water partition coefficient (Wildman–Crippen LogP) is 1.84. The molecule has 0 aliphatic carbocycles. The van der Waals surface area contributed by atoms with Crippen LogP contribution in [0.3, 0.4) is 0 Å². The minimum atomic E-state index is -0.915. The van der Waals surface area contributed by atoms with Crippen molar-refractivity contribution < 1.29 is 19.6 Å². The molecule has 8 heteroatoms. The van der Waals surface area contributed by atoms with Gasteiger partial charge in [0, 0.05) is 45.7 Å². The van der Waals surface area contributed by atoms with Crippen molar-refractivity contribution in [1.82, 2.24) is 0 Å². The van der Waals surface area contributed by atoms with Crippen LogP contribution in [-0.4, -0.2) is 48.2 Å². The van der Waals surface area contributed by atoms with E-state index in [1.54, 1.807) is 11.9 Å². The molecule has 116 valence electrons. The third-order valence-electron chi connectivity index (χ3n) is 3.54. The fourth-order valence-electron chi connectivity index (χ4n) is 2.37. The number of thiophene rings is 1. The molecule has 0 spiro atoms. The average Bonchev–Trinajstić information content (AvgIpc) is 2.84. The summed E-state index contributed by atoms with van der Waals surface area (Å²) in [5.41, 5.74) is -1.01. The molecule has 0 radical (unpaired) electrons. The van der Waals surface area contributed by atoms with E-state index in [1.165, 1.54) is 13.0 Å². The molecule has 0 bridgehead atoms. The third kappa shape index (κ3) is 3.58. The number of ketones is 1. The number of hydrogen-bond acceptors (Lipinski definition) is 7. The quantitative estimate of drug-likeness (QED) is 0.506. The average molecular weight is 314 g/mol. The van der Waals surface area contributed by atoms with Crippen LogP contribution in [0.25, 0.3) is 0 Å². The van der Waals surface area contributed by atoms with Crippen LogP contribution < -0.4 is 4.90 Å². The number of ether oxygens (including phenoxy) is 1. The standard InChI is InChI=1S/C13H18N2O5S/c1-9(16)11-7-10(15(18)19)12(21-11)14(2)8-13(17)3-5-20-6-4-13/h7,17H,3-6,8H2,1-2H3. The van der Waals surface area contributed by atoms with Gasteiger partial charge < -0.3 is 14.7 Å². The van der Waals surface area contributed by atoms with E-state index in [9.17, 15) is 20.0 Å². The molecule has 2 heterocycles. The SMILES string of the molecule is CC(=O)c1cc([N+](=O)[O-])c(N(C)CC2(O)CCOCC2)s1. The van der Waals surface area contributed by atoms with Gasteiger partial charge in [0.2, 0.25) is 0 Å². The number of carbonyl (C=O) groups is 1. The Bertz CT molecular complexity index is 551. The number of nitrogens with zero attached hydrogens (tertiary/aromatic N) is 2. The van der Waals surface area contributed by atoms with Crippen LogP contribution >= 0.6 is 11.3 Å². The Hall–Kier alpha value is -1.51. The van der Waals surface area contributed by atoms with Gasteiger partial charge >= 0.3 is 5.69 Å². The van der Waals surface area contributed by atoms with Crippen LogP contribution in [-0.2, 0) is 4.74 Å². The van der Waals surface area contributed by atoms with Gasteiger partial charge in [-0.05, 0) is 6.92 Å². The summed E-state index contributed by atoms with van der Waals surface area (Å²) >= 11 is 1.08. The fraction of sp³-hybridized carbons (Fsp3) is 0.615. The molecule has 1 aromatic rings. The molecule has 1 aliphatic heterocycles. The Labute approximate surface area is 126 Å². The third-order valence-corrected chi connectivity index (χ3v) is 4.88. The molecule has 1 aromatic heterocycles. The molecule has 7 nitrogen and oxygen atoms in total. The van der Waals surface area contributed by atoms with E-state index < -0.39 is 10.5 Å². The topological polar surface area (TPSA) is 92.9 Å². The molecule has 1 N–H and O–H groups in total. The van der Waals surface area contributed by atoms with Gasteiger partial charge in [0.25, 0.3) is 0 Å². The lowest BCUT2D eigenvalue weighted by Gasteiger charge is -2.35. The van der Waals surface area contributed by atoms with E-state index in [-0.39, 0.29) is 18.0 Å². The number of hydrogen-bond donors (Lipinski definition) is 1. The van der Waals surface area contributed by atoms with E-state index in [0.717, 1.165) is 11.3 Å². The van der Waals surface area contributed by atoms with Gasteiger partial charge in [0.05, 0.1) is 15.4 Å². The summed E-state index contributed by atoms with van der Waals surface area (Å²) in [6.45, 7) is 2.62. The van der Waals surface area contributed by atoms with Crippen molar-refractivity contribution in [3.63, 3.8) is 0 Å². The van der Waals surface area contributed by atoms with Crippen molar-refractivity contribution in [1.29, 1.82) is 0 Å². The zero-order chi connectivity index (χ0) is 15.6. The second-order valence-corrected chi connectivity index (χ2v) is 6.34. The molecule has 1 fully saturated rings. The van der Waals surface area contributed by atoms with Crippen LogP contribution in [0.4, 0.5) is 10.7 Å². The smallest absolute Gasteiger partial charge is 0.304 e. The number of Topliss-reactive ketones (excluding diaryl/α,β-unsaturated/α-hetero) is 1. The highest BCUT2D eigenvalue weighted by atomic mass is 32.1. The minimum absolute atomic E-state index is 0.0941. The first kappa shape index (κ1) is 15.9. The zero-order valence-corrected chi connectivity index (χ0v) is 12.8. The van der Waals surface area contributed by atoms with E-state index in [4.69, 9.17) is 4.74 Å². The molecule has 0 atom stereocenters. The van der Waals surface area contributed by atoms with Gasteiger partial charge in [-0.2, -0.15) is 0 Å². The maximum absolute atomic E-state index is 11.4. The molecular weight excluding hydrogens is 296 g/mol. The highest BCUT2D eigenvalue weighted by molar-refractivity contribution is 7.18. The van der Waals surface area contributed by atoms with Crippen LogP contribution in [0.5, 0.6) is 0 Å². The van der Waals surface area contributed by atoms with Gasteiger partial charge in [-0.15, -0.1) is 11.3 Å². The lowest BCUT2D eigenvalue weighted by atomic mass is 9.94. The summed E-state index contributed by atoms with van der Waals surface area (Å²) in [5, 5.41) is 22.0. The van der Waals surface area contributed by atoms with E-state index in [1.807, 2.05) is 0 Å². The highest BCUT2D eigenvalue weighted by Crippen LogP contribution is 2.38. The van der Waals surface area contributed by atoms with Crippen molar-refractivity contribution in [3.8, 4) is 0 Å². The molecule has 2 rings (SSSR count). The van der Waals surface area contributed by atoms with Crippen LogP contribution in [0.15, 0.2) is 6.07 Å². The van der Waals surface area contributed by atoms with E-state index in [2.05, 4.69) is 0 Å². The van der Waals surface area contributed by atoms with Gasteiger partial charge in [-0.1, -0.05) is 0 Å². The Balaban J connectivity index is 2.23. The first-order valence-electron chi connectivity index (χ1n) is 6.63. The lowest BCUT2D eigenvalue weighted by molar-refractivity contribution is -0.383. The van der Waals surface area contributed by atoms with Crippen molar-refractivity contribution >= 4 is 27.8 Å². The Kier molecular flexibility index (Phi) is 4.60. The zero-order valence-electron chi connectivity index (χ0n) is 12.0. The maximum Gasteiger partial charge on any atom is 0.304 e. The molecule has 1 aliphatic rings. The number of rotatable bonds is 5. The van der Waals surface area contributed by atoms with Gasteiger partial charge in [0.1, 0.15) is 0 Å².